The fourth-order valence-electron chi connectivity index (χ4n) is 1.23. The Bertz CT molecular complexity index is 439. The van der Waals surface area contributed by atoms with E-state index in [1.165, 1.54) is 6.08 Å². The number of carbonyl (C=O) groups is 2. The lowest BCUT2D eigenvalue weighted by Gasteiger charge is -2.02. The Balaban J connectivity index is 2.65. The van der Waals surface area contributed by atoms with Gasteiger partial charge in [-0.1, -0.05) is 17.7 Å². The molecule has 0 amide bonds. The van der Waals surface area contributed by atoms with Gasteiger partial charge in [0.25, 0.3) is 0 Å². The van der Waals surface area contributed by atoms with Crippen LogP contribution in [0.4, 0.5) is 0 Å². The zero-order valence-electron chi connectivity index (χ0n) is 9.77. The molecular weight excluding hydrogens is 220 g/mol. The number of esters is 1. The number of carboxylic acid groups (broad SMARTS) is 1. The van der Waals surface area contributed by atoms with E-state index in [1.54, 1.807) is 38.1 Å². The predicted octanol–water partition coefficient (Wildman–Crippen LogP) is 2.19. The first-order valence-corrected chi connectivity index (χ1v) is 5.15. The van der Waals surface area contributed by atoms with Crippen LogP contribution < -0.4 is 4.74 Å². The second-order valence-corrected chi connectivity index (χ2v) is 3.86. The number of ether oxygens (including phenoxy) is 1. The molecule has 0 aromatic heterocycles. The van der Waals surface area contributed by atoms with E-state index in [9.17, 15) is 9.59 Å². The molecule has 0 saturated carbocycles. The van der Waals surface area contributed by atoms with Crippen LogP contribution in [0.5, 0.6) is 5.75 Å². The number of hydrogen-bond acceptors (Lipinski definition) is 3. The Kier molecular flexibility index (Phi) is 4.46. The topological polar surface area (TPSA) is 63.6 Å². The summed E-state index contributed by atoms with van der Waals surface area (Å²) in [5, 5.41) is 8.59. The normalized spacial score (nSPS) is 9.53. The number of allylic oxidation sites excluding steroid dienone is 1. The number of aliphatic carboxylic acids is 1. The standard InChI is InChI=1S/C13H14O4/c1-9(2)7-13(16)17-11-5-3-10(4-6-11)8-12(14)15/h3-7H,8H2,1-2H3,(H,14,15). The second kappa shape index (κ2) is 5.84. The minimum absolute atomic E-state index is 0.0395. The van der Waals surface area contributed by atoms with Crippen molar-refractivity contribution < 1.29 is 19.4 Å². The smallest absolute Gasteiger partial charge is 0.336 e. The molecule has 1 N–H and O–H groups in total. The maximum atomic E-state index is 11.3. The Morgan fingerprint density at radius 3 is 2.29 bits per heavy atom. The Labute approximate surface area is 99.5 Å². The van der Waals surface area contributed by atoms with Gasteiger partial charge in [-0.25, -0.2) is 4.79 Å². The third-order valence-electron chi connectivity index (χ3n) is 1.90. The molecule has 1 aromatic carbocycles. The lowest BCUT2D eigenvalue weighted by Crippen LogP contribution is -2.05. The van der Waals surface area contributed by atoms with Gasteiger partial charge in [-0.2, -0.15) is 0 Å². The van der Waals surface area contributed by atoms with Gasteiger partial charge >= 0.3 is 11.9 Å². The van der Waals surface area contributed by atoms with Crippen molar-refractivity contribution in [2.75, 3.05) is 0 Å². The molecular formula is C13H14O4. The Morgan fingerprint density at radius 2 is 1.82 bits per heavy atom. The highest BCUT2D eigenvalue weighted by molar-refractivity contribution is 5.84. The Hall–Kier alpha value is -2.10. The van der Waals surface area contributed by atoms with Gasteiger partial charge in [0.05, 0.1) is 6.42 Å². The van der Waals surface area contributed by atoms with E-state index < -0.39 is 11.9 Å². The molecule has 0 heterocycles. The van der Waals surface area contributed by atoms with E-state index in [4.69, 9.17) is 9.84 Å². The summed E-state index contributed by atoms with van der Waals surface area (Å²) < 4.78 is 5.02. The predicted molar refractivity (Wildman–Crippen MR) is 62.8 cm³/mol. The zero-order valence-corrected chi connectivity index (χ0v) is 9.77. The van der Waals surface area contributed by atoms with Gasteiger partial charge in [0.15, 0.2) is 0 Å². The van der Waals surface area contributed by atoms with Crippen LogP contribution in [0.15, 0.2) is 35.9 Å². The third-order valence-corrected chi connectivity index (χ3v) is 1.90. The first-order chi connectivity index (χ1) is 7.97. The first kappa shape index (κ1) is 13.0. The summed E-state index contributed by atoms with van der Waals surface area (Å²) in [5.74, 6) is -0.920. The van der Waals surface area contributed by atoms with Crippen LogP contribution in [0.3, 0.4) is 0 Å². The highest BCUT2D eigenvalue weighted by atomic mass is 16.5. The lowest BCUT2D eigenvalue weighted by molar-refractivity contribution is -0.136. The summed E-state index contributed by atoms with van der Waals surface area (Å²) in [6, 6.07) is 6.41. The number of carboxylic acids is 1. The Morgan fingerprint density at radius 1 is 1.24 bits per heavy atom. The van der Waals surface area contributed by atoms with Gasteiger partial charge in [-0.05, 0) is 31.5 Å². The number of rotatable bonds is 4. The zero-order chi connectivity index (χ0) is 12.8. The second-order valence-electron chi connectivity index (χ2n) is 3.86. The fraction of sp³-hybridized carbons (Fsp3) is 0.231. The maximum absolute atomic E-state index is 11.3. The molecule has 4 heteroatoms. The summed E-state index contributed by atoms with van der Waals surface area (Å²) in [5.41, 5.74) is 1.53. The highest BCUT2D eigenvalue weighted by Crippen LogP contribution is 2.13. The molecule has 1 rings (SSSR count). The van der Waals surface area contributed by atoms with Gasteiger partial charge in [-0.15, -0.1) is 0 Å². The van der Waals surface area contributed by atoms with Crippen molar-refractivity contribution in [1.29, 1.82) is 0 Å². The van der Waals surface area contributed by atoms with Crippen LogP contribution in [0, 0.1) is 0 Å². The van der Waals surface area contributed by atoms with Gasteiger partial charge in [0.2, 0.25) is 0 Å². The van der Waals surface area contributed by atoms with Crippen molar-refractivity contribution in [3.63, 3.8) is 0 Å². The largest absolute Gasteiger partial charge is 0.481 e. The molecule has 90 valence electrons. The van der Waals surface area contributed by atoms with Crippen LogP contribution in [-0.2, 0) is 16.0 Å². The summed E-state index contributed by atoms with van der Waals surface area (Å²) in [4.78, 5) is 21.8. The molecule has 0 unspecified atom stereocenters. The quantitative estimate of drug-likeness (QED) is 0.492. The molecule has 0 fully saturated rings. The first-order valence-electron chi connectivity index (χ1n) is 5.15. The van der Waals surface area contributed by atoms with E-state index in [2.05, 4.69) is 0 Å². The van der Waals surface area contributed by atoms with Crippen molar-refractivity contribution >= 4 is 11.9 Å². The summed E-state index contributed by atoms with van der Waals surface area (Å²) in [6.45, 7) is 3.61. The fourth-order valence-corrected chi connectivity index (χ4v) is 1.23. The van der Waals surface area contributed by atoms with Gasteiger partial charge in [0, 0.05) is 6.08 Å². The van der Waals surface area contributed by atoms with Crippen molar-refractivity contribution in [3.05, 3.63) is 41.5 Å². The minimum Gasteiger partial charge on any atom is -0.481 e. The maximum Gasteiger partial charge on any atom is 0.336 e. The summed E-state index contributed by atoms with van der Waals surface area (Å²) in [6.07, 6.45) is 1.35. The molecule has 1 aromatic rings. The number of benzene rings is 1. The van der Waals surface area contributed by atoms with E-state index in [0.29, 0.717) is 11.3 Å². The average molecular weight is 234 g/mol. The van der Waals surface area contributed by atoms with Crippen LogP contribution in [0.2, 0.25) is 0 Å². The lowest BCUT2D eigenvalue weighted by atomic mass is 10.1. The molecule has 0 radical (unpaired) electrons. The van der Waals surface area contributed by atoms with E-state index in [0.717, 1.165) is 5.57 Å². The summed E-state index contributed by atoms with van der Waals surface area (Å²) >= 11 is 0. The molecule has 17 heavy (non-hydrogen) atoms. The van der Waals surface area contributed by atoms with Crippen LogP contribution in [0.1, 0.15) is 19.4 Å². The SMILES string of the molecule is CC(C)=CC(=O)Oc1ccc(CC(=O)O)cc1. The number of hydrogen-bond donors (Lipinski definition) is 1. The van der Waals surface area contributed by atoms with Crippen LogP contribution in [0.25, 0.3) is 0 Å². The van der Waals surface area contributed by atoms with Crippen LogP contribution in [-0.4, -0.2) is 17.0 Å². The van der Waals surface area contributed by atoms with Crippen molar-refractivity contribution in [2.45, 2.75) is 20.3 Å². The monoisotopic (exact) mass is 234 g/mol. The van der Waals surface area contributed by atoms with Gasteiger partial charge in [-0.3, -0.25) is 4.79 Å². The van der Waals surface area contributed by atoms with Crippen molar-refractivity contribution in [3.8, 4) is 5.75 Å². The molecule has 0 saturated heterocycles. The molecule has 0 aliphatic heterocycles. The van der Waals surface area contributed by atoms with Gasteiger partial charge < -0.3 is 9.84 Å². The summed E-state index contributed by atoms with van der Waals surface area (Å²) in [7, 11) is 0. The van der Waals surface area contributed by atoms with Crippen molar-refractivity contribution in [2.24, 2.45) is 0 Å². The highest BCUT2D eigenvalue weighted by Gasteiger charge is 2.03. The molecule has 0 spiro atoms. The van der Waals surface area contributed by atoms with Crippen LogP contribution >= 0.6 is 0 Å². The average Bonchev–Trinajstić information content (AvgIpc) is 2.18. The molecule has 0 bridgehead atoms. The van der Waals surface area contributed by atoms with E-state index in [-0.39, 0.29) is 6.42 Å². The minimum atomic E-state index is -0.890. The van der Waals surface area contributed by atoms with Gasteiger partial charge in [0.1, 0.15) is 5.75 Å². The van der Waals surface area contributed by atoms with E-state index >= 15 is 0 Å². The molecule has 0 aliphatic carbocycles. The molecule has 0 atom stereocenters. The third kappa shape index (κ3) is 4.97. The van der Waals surface area contributed by atoms with E-state index in [1.807, 2.05) is 0 Å². The number of carbonyl (C=O) groups excluding carboxylic acids is 1. The molecule has 0 aliphatic rings. The molecule has 4 nitrogen and oxygen atoms in total. The van der Waals surface area contributed by atoms with Crippen molar-refractivity contribution in [1.82, 2.24) is 0 Å².